The van der Waals surface area contributed by atoms with Crippen molar-refractivity contribution < 1.29 is 13.5 Å². The molecule has 0 unspecified atom stereocenters. The third-order valence-electron chi connectivity index (χ3n) is 2.52. The summed E-state index contributed by atoms with van der Waals surface area (Å²) in [6, 6.07) is 6.77. The van der Waals surface area contributed by atoms with Crippen molar-refractivity contribution in [1.82, 2.24) is 0 Å². The summed E-state index contributed by atoms with van der Waals surface area (Å²) in [7, 11) is -3.81. The van der Waals surface area contributed by atoms with Gasteiger partial charge in [-0.3, -0.25) is 0 Å². The molecule has 1 atom stereocenters. The van der Waals surface area contributed by atoms with E-state index in [0.29, 0.717) is 5.02 Å². The van der Waals surface area contributed by atoms with Crippen LogP contribution in [-0.2, 0) is 16.4 Å². The molecule has 1 rings (SSSR count). The van der Waals surface area contributed by atoms with Crippen LogP contribution in [0.25, 0.3) is 0 Å². The SMILES string of the molecule is CC(C)(O)[C@@H](Cc1ccc(Cl)cc1)S(N)(=O)=O. The van der Waals surface area contributed by atoms with Crippen LogP contribution in [0.1, 0.15) is 19.4 Å². The lowest BCUT2D eigenvalue weighted by atomic mass is 9.98. The zero-order chi connectivity index (χ0) is 13.3. The highest BCUT2D eigenvalue weighted by atomic mass is 35.5. The Morgan fingerprint density at radius 2 is 1.82 bits per heavy atom. The second-order valence-electron chi connectivity index (χ2n) is 4.56. The zero-order valence-corrected chi connectivity index (χ0v) is 11.3. The van der Waals surface area contributed by atoms with E-state index < -0.39 is 20.9 Å². The van der Waals surface area contributed by atoms with Crippen molar-refractivity contribution in [2.75, 3.05) is 0 Å². The van der Waals surface area contributed by atoms with Gasteiger partial charge in [-0.25, -0.2) is 13.6 Å². The van der Waals surface area contributed by atoms with E-state index in [4.69, 9.17) is 16.7 Å². The molecule has 1 aromatic carbocycles. The molecule has 0 spiro atoms. The highest BCUT2D eigenvalue weighted by Gasteiger charge is 2.35. The Bertz CT molecular complexity index is 476. The van der Waals surface area contributed by atoms with Crippen LogP contribution < -0.4 is 5.14 Å². The zero-order valence-electron chi connectivity index (χ0n) is 9.72. The fraction of sp³-hybridized carbons (Fsp3) is 0.455. The van der Waals surface area contributed by atoms with Crippen molar-refractivity contribution in [3.8, 4) is 0 Å². The summed E-state index contributed by atoms with van der Waals surface area (Å²) in [6.07, 6.45) is 0.152. The van der Waals surface area contributed by atoms with Crippen molar-refractivity contribution in [3.05, 3.63) is 34.9 Å². The summed E-state index contributed by atoms with van der Waals surface area (Å²) in [4.78, 5) is 0. The average molecular weight is 278 g/mol. The van der Waals surface area contributed by atoms with E-state index in [0.717, 1.165) is 5.56 Å². The Kier molecular flexibility index (Phi) is 4.19. The van der Waals surface area contributed by atoms with Crippen molar-refractivity contribution in [1.29, 1.82) is 0 Å². The molecule has 0 saturated carbocycles. The quantitative estimate of drug-likeness (QED) is 0.871. The summed E-state index contributed by atoms with van der Waals surface area (Å²) >= 11 is 5.74. The molecular weight excluding hydrogens is 262 g/mol. The van der Waals surface area contributed by atoms with Gasteiger partial charge >= 0.3 is 0 Å². The molecule has 0 aromatic heterocycles. The molecule has 0 fully saturated rings. The molecule has 4 nitrogen and oxygen atoms in total. The molecule has 6 heteroatoms. The van der Waals surface area contributed by atoms with E-state index in [1.54, 1.807) is 24.3 Å². The molecule has 0 saturated heterocycles. The maximum absolute atomic E-state index is 11.4. The molecule has 96 valence electrons. The first-order valence-electron chi connectivity index (χ1n) is 5.09. The van der Waals surface area contributed by atoms with E-state index in [1.165, 1.54) is 13.8 Å². The molecule has 0 aliphatic heterocycles. The number of benzene rings is 1. The van der Waals surface area contributed by atoms with Gasteiger partial charge in [-0.15, -0.1) is 0 Å². The number of sulfonamides is 1. The third-order valence-corrected chi connectivity index (χ3v) is 4.31. The Hall–Kier alpha value is -0.620. The summed E-state index contributed by atoms with van der Waals surface area (Å²) in [6.45, 7) is 2.86. The predicted octanol–water partition coefficient (Wildman–Crippen LogP) is 1.31. The lowest BCUT2D eigenvalue weighted by Crippen LogP contribution is -2.46. The van der Waals surface area contributed by atoms with Crippen LogP contribution in [-0.4, -0.2) is 24.4 Å². The Balaban J connectivity index is 3.00. The van der Waals surface area contributed by atoms with Crippen LogP contribution >= 0.6 is 11.6 Å². The van der Waals surface area contributed by atoms with E-state index in [-0.39, 0.29) is 6.42 Å². The average Bonchev–Trinajstić information content (AvgIpc) is 2.13. The summed E-state index contributed by atoms with van der Waals surface area (Å²) in [5.74, 6) is 0. The molecular formula is C11H16ClNO3S. The number of hydrogen-bond donors (Lipinski definition) is 2. The van der Waals surface area contributed by atoms with Gasteiger partial charge in [-0.1, -0.05) is 23.7 Å². The Labute approximate surface area is 106 Å². The van der Waals surface area contributed by atoms with Crippen LogP contribution in [0.15, 0.2) is 24.3 Å². The lowest BCUT2D eigenvalue weighted by Gasteiger charge is -2.27. The molecule has 0 bridgehead atoms. The first-order chi connectivity index (χ1) is 7.60. The van der Waals surface area contributed by atoms with Crippen molar-refractivity contribution in [2.45, 2.75) is 31.1 Å². The molecule has 0 heterocycles. The molecule has 3 N–H and O–H groups in total. The van der Waals surface area contributed by atoms with Crippen LogP contribution in [0.5, 0.6) is 0 Å². The van der Waals surface area contributed by atoms with Crippen LogP contribution in [0.3, 0.4) is 0 Å². The summed E-state index contributed by atoms with van der Waals surface area (Å²) in [5.41, 5.74) is -0.636. The fourth-order valence-corrected chi connectivity index (χ4v) is 2.96. The van der Waals surface area contributed by atoms with Gasteiger partial charge in [0.05, 0.1) is 5.60 Å². The van der Waals surface area contributed by atoms with Gasteiger partial charge in [0, 0.05) is 5.02 Å². The van der Waals surface area contributed by atoms with Crippen LogP contribution in [0, 0.1) is 0 Å². The largest absolute Gasteiger partial charge is 0.389 e. The van der Waals surface area contributed by atoms with Gasteiger partial charge in [0.25, 0.3) is 0 Å². The number of halogens is 1. The van der Waals surface area contributed by atoms with Gasteiger partial charge in [0.2, 0.25) is 10.0 Å². The molecule has 0 aliphatic carbocycles. The van der Waals surface area contributed by atoms with E-state index >= 15 is 0 Å². The van der Waals surface area contributed by atoms with Crippen LogP contribution in [0.2, 0.25) is 5.02 Å². The lowest BCUT2D eigenvalue weighted by molar-refractivity contribution is 0.0748. The van der Waals surface area contributed by atoms with Gasteiger partial charge in [0.15, 0.2) is 0 Å². The maximum Gasteiger partial charge on any atom is 0.215 e. The minimum absolute atomic E-state index is 0.152. The Morgan fingerprint density at radius 1 is 1.35 bits per heavy atom. The van der Waals surface area contributed by atoms with Gasteiger partial charge in [-0.2, -0.15) is 0 Å². The maximum atomic E-state index is 11.4. The van der Waals surface area contributed by atoms with E-state index in [2.05, 4.69) is 0 Å². The van der Waals surface area contributed by atoms with Crippen LogP contribution in [0.4, 0.5) is 0 Å². The standard InChI is InChI=1S/C11H16ClNO3S/c1-11(2,14)10(17(13,15)16)7-8-3-5-9(12)6-4-8/h3-6,10,14H,7H2,1-2H3,(H2,13,15,16)/t10-/m1/s1. The fourth-order valence-electron chi connectivity index (χ4n) is 1.60. The predicted molar refractivity (Wildman–Crippen MR) is 68.3 cm³/mol. The van der Waals surface area contributed by atoms with Crippen molar-refractivity contribution in [2.24, 2.45) is 5.14 Å². The number of rotatable bonds is 4. The highest BCUT2D eigenvalue weighted by molar-refractivity contribution is 7.89. The molecule has 1 aromatic rings. The number of hydrogen-bond acceptors (Lipinski definition) is 3. The second-order valence-corrected chi connectivity index (χ2v) is 6.75. The van der Waals surface area contributed by atoms with Gasteiger partial charge in [0.1, 0.15) is 5.25 Å². The first-order valence-corrected chi connectivity index (χ1v) is 7.08. The molecule has 0 aliphatic rings. The van der Waals surface area contributed by atoms with Crippen molar-refractivity contribution in [3.63, 3.8) is 0 Å². The number of aliphatic hydroxyl groups is 1. The number of nitrogens with two attached hydrogens (primary N) is 1. The minimum Gasteiger partial charge on any atom is -0.389 e. The van der Waals surface area contributed by atoms with Crippen molar-refractivity contribution >= 4 is 21.6 Å². The third kappa shape index (κ3) is 4.27. The van der Waals surface area contributed by atoms with E-state index in [1.807, 2.05) is 0 Å². The Morgan fingerprint density at radius 3 is 2.18 bits per heavy atom. The highest BCUT2D eigenvalue weighted by Crippen LogP contribution is 2.21. The second kappa shape index (κ2) is 4.94. The summed E-state index contributed by atoms with van der Waals surface area (Å²) < 4.78 is 22.9. The molecule has 0 radical (unpaired) electrons. The normalized spacial score (nSPS) is 14.6. The van der Waals surface area contributed by atoms with Gasteiger partial charge < -0.3 is 5.11 Å². The van der Waals surface area contributed by atoms with Gasteiger partial charge in [-0.05, 0) is 38.0 Å². The van der Waals surface area contributed by atoms with E-state index in [9.17, 15) is 13.5 Å². The smallest absolute Gasteiger partial charge is 0.215 e. The first kappa shape index (κ1) is 14.4. The topological polar surface area (TPSA) is 80.4 Å². The monoisotopic (exact) mass is 277 g/mol. The molecule has 17 heavy (non-hydrogen) atoms. The molecule has 0 amide bonds. The number of primary sulfonamides is 1. The summed E-state index contributed by atoms with van der Waals surface area (Å²) in [5, 5.41) is 14.5. The minimum atomic E-state index is -3.81.